The van der Waals surface area contributed by atoms with Crippen molar-refractivity contribution in [3.8, 4) is 0 Å². The molecule has 4 aliphatic rings. The Morgan fingerprint density at radius 2 is 1.87 bits per heavy atom. The number of oxime groups is 1. The third kappa shape index (κ3) is 3.48. The molecule has 168 valence electrons. The highest BCUT2D eigenvalue weighted by molar-refractivity contribution is 6.08. The molecular weight excluding hydrogens is 370 g/mol. The number of hydrogen-bond donors (Lipinski definition) is 1. The average molecular weight is 414 g/mol. The standard InChI is InChI=1S/C27H43NO2/c1-17(2)7-6-8-18(3)21-9-10-22-20-16-25(28-30)24-15-19(29)11-13-27(24,5)23(20)12-14-26(21,22)4/h15,17-18,20-23,30H,6-14,16H2,1-5H3/b28-25+/t18-,20?,21?,22?,23?,26?,27?/m1/s1. The van der Waals surface area contributed by atoms with Gasteiger partial charge < -0.3 is 5.21 Å². The Bertz CT molecular complexity index is 737. The van der Waals surface area contributed by atoms with Gasteiger partial charge in [-0.25, -0.2) is 0 Å². The fraction of sp³-hybridized carbons (Fsp3) is 0.852. The van der Waals surface area contributed by atoms with Crippen molar-refractivity contribution in [2.45, 2.75) is 98.8 Å². The normalized spacial score (nSPS) is 43.2. The van der Waals surface area contributed by atoms with E-state index in [1.54, 1.807) is 0 Å². The molecule has 3 heteroatoms. The van der Waals surface area contributed by atoms with E-state index in [0.29, 0.717) is 23.7 Å². The van der Waals surface area contributed by atoms with Crippen molar-refractivity contribution in [2.75, 3.05) is 0 Å². The second-order valence-electron chi connectivity index (χ2n) is 12.1. The number of carbonyl (C=O) groups is 1. The third-order valence-corrected chi connectivity index (χ3v) is 10.1. The minimum absolute atomic E-state index is 0.0146. The Hall–Kier alpha value is -1.12. The van der Waals surface area contributed by atoms with Gasteiger partial charge in [0.15, 0.2) is 5.78 Å². The lowest BCUT2D eigenvalue weighted by molar-refractivity contribution is -0.116. The van der Waals surface area contributed by atoms with Crippen molar-refractivity contribution in [3.05, 3.63) is 11.6 Å². The monoisotopic (exact) mass is 413 g/mol. The van der Waals surface area contributed by atoms with E-state index in [1.807, 2.05) is 6.08 Å². The maximum atomic E-state index is 12.1. The molecule has 0 saturated heterocycles. The zero-order valence-corrected chi connectivity index (χ0v) is 19.9. The molecule has 6 unspecified atom stereocenters. The molecule has 4 aliphatic carbocycles. The van der Waals surface area contributed by atoms with Gasteiger partial charge in [0.1, 0.15) is 0 Å². The molecule has 7 atom stereocenters. The van der Waals surface area contributed by atoms with Crippen molar-refractivity contribution in [1.82, 2.24) is 0 Å². The van der Waals surface area contributed by atoms with Gasteiger partial charge in [-0.05, 0) is 96.5 Å². The largest absolute Gasteiger partial charge is 0.411 e. The van der Waals surface area contributed by atoms with Crippen molar-refractivity contribution in [1.29, 1.82) is 0 Å². The Morgan fingerprint density at radius 3 is 2.57 bits per heavy atom. The summed E-state index contributed by atoms with van der Waals surface area (Å²) >= 11 is 0. The van der Waals surface area contributed by atoms with E-state index in [4.69, 9.17) is 0 Å². The summed E-state index contributed by atoms with van der Waals surface area (Å²) in [6.45, 7) is 12.1. The van der Waals surface area contributed by atoms with Crippen LogP contribution in [-0.2, 0) is 4.79 Å². The molecule has 0 amide bonds. The predicted octanol–water partition coefficient (Wildman–Crippen LogP) is 7.04. The summed E-state index contributed by atoms with van der Waals surface area (Å²) in [7, 11) is 0. The van der Waals surface area contributed by atoms with Crippen LogP contribution in [0.1, 0.15) is 98.8 Å². The van der Waals surface area contributed by atoms with E-state index in [1.165, 1.54) is 44.9 Å². The van der Waals surface area contributed by atoms with Gasteiger partial charge in [0.05, 0.1) is 5.71 Å². The predicted molar refractivity (Wildman–Crippen MR) is 123 cm³/mol. The summed E-state index contributed by atoms with van der Waals surface area (Å²) in [5.74, 6) is 4.64. The molecule has 3 fully saturated rings. The lowest BCUT2D eigenvalue weighted by Crippen LogP contribution is -2.53. The van der Waals surface area contributed by atoms with Gasteiger partial charge in [-0.3, -0.25) is 4.79 Å². The zero-order valence-electron chi connectivity index (χ0n) is 19.9. The fourth-order valence-corrected chi connectivity index (χ4v) is 8.53. The van der Waals surface area contributed by atoms with Gasteiger partial charge in [-0.1, -0.05) is 59.0 Å². The quantitative estimate of drug-likeness (QED) is 0.388. The Labute approximate surface area is 183 Å². The Morgan fingerprint density at radius 1 is 1.10 bits per heavy atom. The van der Waals surface area contributed by atoms with E-state index in [0.717, 1.165) is 47.8 Å². The summed E-state index contributed by atoms with van der Waals surface area (Å²) < 4.78 is 0. The van der Waals surface area contributed by atoms with Crippen molar-refractivity contribution >= 4 is 11.5 Å². The van der Waals surface area contributed by atoms with Crippen LogP contribution in [-0.4, -0.2) is 16.7 Å². The second-order valence-corrected chi connectivity index (χ2v) is 12.1. The maximum absolute atomic E-state index is 12.1. The van der Waals surface area contributed by atoms with Crippen molar-refractivity contribution in [2.24, 2.45) is 51.5 Å². The molecule has 0 heterocycles. The highest BCUT2D eigenvalue weighted by Crippen LogP contribution is 2.67. The molecule has 0 bridgehead atoms. The van der Waals surface area contributed by atoms with Gasteiger partial charge in [-0.15, -0.1) is 0 Å². The van der Waals surface area contributed by atoms with Gasteiger partial charge >= 0.3 is 0 Å². The molecule has 1 N–H and O–H groups in total. The molecule has 0 aromatic carbocycles. The van der Waals surface area contributed by atoms with Crippen LogP contribution >= 0.6 is 0 Å². The smallest absolute Gasteiger partial charge is 0.156 e. The lowest BCUT2D eigenvalue weighted by atomic mass is 9.46. The topological polar surface area (TPSA) is 49.7 Å². The van der Waals surface area contributed by atoms with E-state index in [9.17, 15) is 10.0 Å². The van der Waals surface area contributed by atoms with Crippen LogP contribution in [0.25, 0.3) is 0 Å². The van der Waals surface area contributed by atoms with E-state index >= 15 is 0 Å². The summed E-state index contributed by atoms with van der Waals surface area (Å²) in [5, 5.41) is 13.6. The first-order valence-electron chi connectivity index (χ1n) is 12.7. The molecule has 0 aliphatic heterocycles. The van der Waals surface area contributed by atoms with Gasteiger partial charge in [0.25, 0.3) is 0 Å². The first-order chi connectivity index (χ1) is 14.2. The number of fused-ring (bicyclic) bond motifs is 5. The van der Waals surface area contributed by atoms with Gasteiger partial charge in [0, 0.05) is 6.42 Å². The highest BCUT2D eigenvalue weighted by Gasteiger charge is 2.60. The third-order valence-electron chi connectivity index (χ3n) is 10.1. The Balaban J connectivity index is 1.57. The number of hydrogen-bond acceptors (Lipinski definition) is 3. The number of rotatable bonds is 5. The van der Waals surface area contributed by atoms with Crippen LogP contribution in [0.5, 0.6) is 0 Å². The van der Waals surface area contributed by atoms with Crippen molar-refractivity contribution < 1.29 is 10.0 Å². The van der Waals surface area contributed by atoms with Crippen LogP contribution in [0.2, 0.25) is 0 Å². The van der Waals surface area contributed by atoms with E-state index in [-0.39, 0.29) is 11.2 Å². The zero-order chi connectivity index (χ0) is 21.7. The first kappa shape index (κ1) is 22.1. The number of nitrogens with zero attached hydrogens (tertiary/aromatic N) is 1. The minimum Gasteiger partial charge on any atom is -0.411 e. The minimum atomic E-state index is 0.0146. The molecule has 3 nitrogen and oxygen atoms in total. The highest BCUT2D eigenvalue weighted by atomic mass is 16.4. The van der Waals surface area contributed by atoms with E-state index < -0.39 is 0 Å². The summed E-state index contributed by atoms with van der Waals surface area (Å²) in [4.78, 5) is 12.1. The lowest BCUT2D eigenvalue weighted by Gasteiger charge is -2.58. The average Bonchev–Trinajstić information content (AvgIpc) is 3.05. The SMILES string of the molecule is CC(C)CCC[C@@H](C)C1CCC2C3C/C(=N\O)C4=CC(=O)CCC4(C)C3CCC21C. The summed E-state index contributed by atoms with van der Waals surface area (Å²) in [5.41, 5.74) is 2.31. The molecule has 0 aromatic rings. The van der Waals surface area contributed by atoms with Crippen LogP contribution in [0.3, 0.4) is 0 Å². The molecule has 0 spiro atoms. The molecule has 3 saturated carbocycles. The molecule has 0 radical (unpaired) electrons. The molecule has 30 heavy (non-hydrogen) atoms. The molecule has 0 aromatic heterocycles. The number of allylic oxidation sites excluding steroid dienone is 1. The molecular formula is C27H43NO2. The van der Waals surface area contributed by atoms with Crippen LogP contribution < -0.4 is 0 Å². The Kier molecular flexibility index (Phi) is 5.96. The van der Waals surface area contributed by atoms with E-state index in [2.05, 4.69) is 39.8 Å². The maximum Gasteiger partial charge on any atom is 0.156 e. The number of ketones is 1. The van der Waals surface area contributed by atoms with Crippen LogP contribution in [0.4, 0.5) is 0 Å². The summed E-state index contributed by atoms with van der Waals surface area (Å²) in [6.07, 6.45) is 13.7. The van der Waals surface area contributed by atoms with Gasteiger partial charge in [0.2, 0.25) is 0 Å². The second kappa shape index (κ2) is 8.10. The molecule has 4 rings (SSSR count). The summed E-state index contributed by atoms with van der Waals surface area (Å²) in [6, 6.07) is 0. The van der Waals surface area contributed by atoms with Crippen LogP contribution in [0.15, 0.2) is 16.8 Å². The first-order valence-corrected chi connectivity index (χ1v) is 12.7. The van der Waals surface area contributed by atoms with Gasteiger partial charge in [-0.2, -0.15) is 0 Å². The fourth-order valence-electron chi connectivity index (χ4n) is 8.53. The number of carbonyl (C=O) groups excluding carboxylic acids is 1. The van der Waals surface area contributed by atoms with Crippen LogP contribution in [0, 0.1) is 46.3 Å². The van der Waals surface area contributed by atoms with Crippen molar-refractivity contribution in [3.63, 3.8) is 0 Å².